The summed E-state index contributed by atoms with van der Waals surface area (Å²) in [4.78, 5) is 3.18. The molecule has 0 bridgehead atoms. The molecule has 0 radical (unpaired) electrons. The number of rotatable bonds is 6. The Morgan fingerprint density at radius 1 is 1.33 bits per heavy atom. The zero-order chi connectivity index (χ0) is 13.0. The number of imidazole rings is 1. The normalized spacial score (nSPS) is 11.2. The summed E-state index contributed by atoms with van der Waals surface area (Å²) >= 11 is 8.78. The van der Waals surface area contributed by atoms with Crippen LogP contribution in [-0.4, -0.2) is 36.5 Å². The van der Waals surface area contributed by atoms with Gasteiger partial charge in [-0.1, -0.05) is 15.9 Å². The lowest BCUT2D eigenvalue weighted by atomic mass is 10.3. The molecule has 98 valence electrons. The first-order valence-corrected chi connectivity index (χ1v) is 6.87. The van der Waals surface area contributed by atoms with E-state index in [4.69, 9.17) is 21.7 Å². The van der Waals surface area contributed by atoms with Crippen molar-refractivity contribution in [2.24, 2.45) is 0 Å². The molecule has 1 aromatic heterocycles. The van der Waals surface area contributed by atoms with E-state index in [0.717, 1.165) is 26.8 Å². The molecular weight excluding hydrogens is 316 g/mol. The number of H-pyrrole nitrogens is 1. The summed E-state index contributed by atoms with van der Waals surface area (Å²) in [7, 11) is 1.66. The maximum absolute atomic E-state index is 5.46. The van der Waals surface area contributed by atoms with Crippen LogP contribution >= 0.6 is 28.1 Å². The summed E-state index contributed by atoms with van der Waals surface area (Å²) in [6.07, 6.45) is 0. The summed E-state index contributed by atoms with van der Waals surface area (Å²) in [5.74, 6) is 0. The zero-order valence-electron chi connectivity index (χ0n) is 10.1. The number of hydrogen-bond acceptors (Lipinski definition) is 3. The Kier molecular flexibility index (Phi) is 4.94. The third kappa shape index (κ3) is 3.20. The van der Waals surface area contributed by atoms with Gasteiger partial charge in [-0.3, -0.25) is 0 Å². The van der Waals surface area contributed by atoms with Gasteiger partial charge in [0, 0.05) is 18.1 Å². The largest absolute Gasteiger partial charge is 0.382 e. The Morgan fingerprint density at radius 3 is 2.94 bits per heavy atom. The Morgan fingerprint density at radius 2 is 2.17 bits per heavy atom. The molecule has 1 aromatic carbocycles. The number of nitrogens with zero attached hydrogens (tertiary/aromatic N) is 1. The van der Waals surface area contributed by atoms with E-state index in [1.165, 1.54) is 0 Å². The van der Waals surface area contributed by atoms with Crippen LogP contribution in [0.2, 0.25) is 0 Å². The summed E-state index contributed by atoms with van der Waals surface area (Å²) in [6.45, 7) is 2.58. The van der Waals surface area contributed by atoms with E-state index in [0.29, 0.717) is 19.8 Å². The van der Waals surface area contributed by atoms with Gasteiger partial charge in [0.25, 0.3) is 0 Å². The molecule has 6 heteroatoms. The molecule has 0 fully saturated rings. The van der Waals surface area contributed by atoms with Crippen LogP contribution in [0.1, 0.15) is 0 Å². The molecule has 0 amide bonds. The van der Waals surface area contributed by atoms with Crippen molar-refractivity contribution in [3.63, 3.8) is 0 Å². The number of ether oxygens (including phenoxy) is 2. The van der Waals surface area contributed by atoms with E-state index in [1.807, 2.05) is 16.7 Å². The van der Waals surface area contributed by atoms with Crippen molar-refractivity contribution in [3.05, 3.63) is 27.4 Å². The van der Waals surface area contributed by atoms with Crippen LogP contribution in [0, 0.1) is 4.77 Å². The molecule has 0 atom stereocenters. The van der Waals surface area contributed by atoms with Crippen LogP contribution in [-0.2, 0) is 16.0 Å². The predicted molar refractivity (Wildman–Crippen MR) is 77.5 cm³/mol. The van der Waals surface area contributed by atoms with E-state index in [9.17, 15) is 0 Å². The number of aromatic nitrogens is 2. The molecule has 0 unspecified atom stereocenters. The van der Waals surface area contributed by atoms with Crippen molar-refractivity contribution < 1.29 is 9.47 Å². The predicted octanol–water partition coefficient (Wildman–Crippen LogP) is 3.12. The van der Waals surface area contributed by atoms with Crippen LogP contribution in [0.5, 0.6) is 0 Å². The average Bonchev–Trinajstić information content (AvgIpc) is 2.65. The summed E-state index contributed by atoms with van der Waals surface area (Å²) in [5, 5.41) is 0. The molecule has 2 rings (SSSR count). The second-order valence-electron chi connectivity index (χ2n) is 3.85. The number of fused-ring (bicyclic) bond motifs is 1. The second-order valence-corrected chi connectivity index (χ2v) is 5.15. The molecule has 0 saturated heterocycles. The second kappa shape index (κ2) is 6.47. The highest BCUT2D eigenvalue weighted by atomic mass is 79.9. The lowest BCUT2D eigenvalue weighted by molar-refractivity contribution is 0.0668. The molecule has 2 aromatic rings. The molecule has 18 heavy (non-hydrogen) atoms. The van der Waals surface area contributed by atoms with E-state index < -0.39 is 0 Å². The van der Waals surface area contributed by atoms with Crippen LogP contribution < -0.4 is 0 Å². The van der Waals surface area contributed by atoms with Crippen LogP contribution in [0.15, 0.2) is 22.7 Å². The lowest BCUT2D eigenvalue weighted by Gasteiger charge is -2.06. The first-order chi connectivity index (χ1) is 8.72. The number of hydrogen-bond donors (Lipinski definition) is 1. The minimum Gasteiger partial charge on any atom is -0.382 e. The van der Waals surface area contributed by atoms with Gasteiger partial charge in [-0.2, -0.15) is 0 Å². The van der Waals surface area contributed by atoms with E-state index in [1.54, 1.807) is 7.11 Å². The van der Waals surface area contributed by atoms with Crippen molar-refractivity contribution in [1.82, 2.24) is 9.55 Å². The first kappa shape index (κ1) is 13.7. The highest BCUT2D eigenvalue weighted by Gasteiger charge is 2.04. The summed E-state index contributed by atoms with van der Waals surface area (Å²) < 4.78 is 14.2. The topological polar surface area (TPSA) is 39.2 Å². The molecule has 0 aliphatic heterocycles. The molecule has 4 nitrogen and oxygen atoms in total. The molecule has 1 heterocycles. The van der Waals surface area contributed by atoms with Gasteiger partial charge < -0.3 is 19.0 Å². The summed E-state index contributed by atoms with van der Waals surface area (Å²) in [6, 6.07) is 6.06. The third-order valence-corrected chi connectivity index (χ3v) is 3.44. The number of benzene rings is 1. The molecule has 0 aliphatic rings. The molecule has 0 saturated carbocycles. The SMILES string of the molecule is COCCOCCn1c(=S)[nH]c2ccc(Br)cc21. The fourth-order valence-electron chi connectivity index (χ4n) is 1.75. The van der Waals surface area contributed by atoms with Gasteiger partial charge in [-0.15, -0.1) is 0 Å². The van der Waals surface area contributed by atoms with E-state index in [-0.39, 0.29) is 0 Å². The maximum atomic E-state index is 5.46. The number of aromatic amines is 1. The van der Waals surface area contributed by atoms with E-state index in [2.05, 4.69) is 27.0 Å². The molecular formula is C12H15BrN2O2S. The number of methoxy groups -OCH3 is 1. The minimum absolute atomic E-state index is 0.607. The summed E-state index contributed by atoms with van der Waals surface area (Å²) in [5.41, 5.74) is 2.13. The van der Waals surface area contributed by atoms with Crippen molar-refractivity contribution in [1.29, 1.82) is 0 Å². The van der Waals surface area contributed by atoms with Crippen molar-refractivity contribution in [2.45, 2.75) is 6.54 Å². The van der Waals surface area contributed by atoms with E-state index >= 15 is 0 Å². The van der Waals surface area contributed by atoms with Crippen molar-refractivity contribution >= 4 is 39.2 Å². The van der Waals surface area contributed by atoms with Gasteiger partial charge in [0.2, 0.25) is 0 Å². The molecule has 0 aliphatic carbocycles. The lowest BCUT2D eigenvalue weighted by Crippen LogP contribution is -2.09. The van der Waals surface area contributed by atoms with Gasteiger partial charge in [0.1, 0.15) is 0 Å². The van der Waals surface area contributed by atoms with Gasteiger partial charge in [0.05, 0.1) is 30.9 Å². The Labute approximate surface area is 119 Å². The fourth-order valence-corrected chi connectivity index (χ4v) is 2.40. The fraction of sp³-hybridized carbons (Fsp3) is 0.417. The first-order valence-electron chi connectivity index (χ1n) is 5.67. The molecule has 1 N–H and O–H groups in total. The van der Waals surface area contributed by atoms with Crippen LogP contribution in [0.3, 0.4) is 0 Å². The minimum atomic E-state index is 0.607. The van der Waals surface area contributed by atoms with Crippen molar-refractivity contribution in [3.8, 4) is 0 Å². The Hall–Kier alpha value is -0.690. The van der Waals surface area contributed by atoms with Gasteiger partial charge in [-0.05, 0) is 30.4 Å². The highest BCUT2D eigenvalue weighted by Crippen LogP contribution is 2.19. The highest BCUT2D eigenvalue weighted by molar-refractivity contribution is 9.10. The zero-order valence-corrected chi connectivity index (χ0v) is 12.5. The van der Waals surface area contributed by atoms with Crippen molar-refractivity contribution in [2.75, 3.05) is 26.9 Å². The number of nitrogens with one attached hydrogen (secondary N) is 1. The number of halogens is 1. The van der Waals surface area contributed by atoms with Gasteiger partial charge >= 0.3 is 0 Å². The monoisotopic (exact) mass is 330 g/mol. The Balaban J connectivity index is 2.10. The standard InChI is InChI=1S/C12H15BrN2O2S/c1-16-6-7-17-5-4-15-11-8-9(13)2-3-10(11)14-12(15)18/h2-3,8H,4-7H2,1H3,(H,14,18). The average molecular weight is 331 g/mol. The Bertz CT molecular complexity index is 579. The quantitative estimate of drug-likeness (QED) is 0.653. The third-order valence-electron chi connectivity index (χ3n) is 2.63. The molecule has 0 spiro atoms. The van der Waals surface area contributed by atoms with Crippen LogP contribution in [0.4, 0.5) is 0 Å². The van der Waals surface area contributed by atoms with Gasteiger partial charge in [-0.25, -0.2) is 0 Å². The van der Waals surface area contributed by atoms with Gasteiger partial charge in [0.15, 0.2) is 4.77 Å². The van der Waals surface area contributed by atoms with Crippen LogP contribution in [0.25, 0.3) is 11.0 Å². The maximum Gasteiger partial charge on any atom is 0.178 e. The smallest absolute Gasteiger partial charge is 0.178 e.